The van der Waals surface area contributed by atoms with E-state index in [4.69, 9.17) is 11.6 Å². The standard InChI is InChI=1S/C18H17ClFN3O2/c1-11(22-23-18(25)13-6-8-14(20)9-7-13)10-17(24)21-16-5-3-4-15(19)12(16)2/h3-9H,10H2,1-2H3,(H,21,24)(H,23,25)/b22-11+. The minimum absolute atomic E-state index is 0.00957. The number of benzene rings is 2. The van der Waals surface area contributed by atoms with E-state index in [1.807, 2.05) is 6.92 Å². The summed E-state index contributed by atoms with van der Waals surface area (Å²) in [4.78, 5) is 23.9. The predicted octanol–water partition coefficient (Wildman–Crippen LogP) is 3.92. The van der Waals surface area contributed by atoms with Crippen LogP contribution in [0.4, 0.5) is 10.1 Å². The van der Waals surface area contributed by atoms with Gasteiger partial charge in [-0.2, -0.15) is 5.10 Å². The normalized spacial score (nSPS) is 11.1. The number of rotatable bonds is 5. The van der Waals surface area contributed by atoms with Crippen LogP contribution in [0.3, 0.4) is 0 Å². The van der Waals surface area contributed by atoms with Gasteiger partial charge in [-0.1, -0.05) is 17.7 Å². The first-order chi connectivity index (χ1) is 11.9. The molecule has 0 aliphatic rings. The first kappa shape index (κ1) is 18.6. The molecule has 2 rings (SSSR count). The van der Waals surface area contributed by atoms with Crippen molar-refractivity contribution in [2.45, 2.75) is 20.3 Å². The second-order valence-corrected chi connectivity index (χ2v) is 5.84. The van der Waals surface area contributed by atoms with Gasteiger partial charge in [-0.05, 0) is 55.8 Å². The van der Waals surface area contributed by atoms with Gasteiger partial charge in [0.2, 0.25) is 5.91 Å². The molecular formula is C18H17ClFN3O2. The quantitative estimate of drug-likeness (QED) is 0.626. The van der Waals surface area contributed by atoms with Crippen LogP contribution >= 0.6 is 11.6 Å². The number of nitrogens with one attached hydrogen (secondary N) is 2. The lowest BCUT2D eigenvalue weighted by Crippen LogP contribution is -2.21. The molecule has 0 bridgehead atoms. The van der Waals surface area contributed by atoms with Crippen LogP contribution in [0.1, 0.15) is 29.3 Å². The molecule has 0 unspecified atom stereocenters. The Labute approximate surface area is 149 Å². The van der Waals surface area contributed by atoms with Crippen molar-refractivity contribution in [1.29, 1.82) is 0 Å². The van der Waals surface area contributed by atoms with Crippen LogP contribution in [0.25, 0.3) is 0 Å². The van der Waals surface area contributed by atoms with Gasteiger partial charge in [0.1, 0.15) is 5.82 Å². The van der Waals surface area contributed by atoms with Crippen LogP contribution in [0.15, 0.2) is 47.6 Å². The molecule has 0 saturated carbocycles. The molecule has 0 heterocycles. The highest BCUT2D eigenvalue weighted by molar-refractivity contribution is 6.31. The van der Waals surface area contributed by atoms with Crippen molar-refractivity contribution in [3.8, 4) is 0 Å². The van der Waals surface area contributed by atoms with Gasteiger partial charge in [0.05, 0.1) is 6.42 Å². The van der Waals surface area contributed by atoms with Gasteiger partial charge >= 0.3 is 0 Å². The maximum Gasteiger partial charge on any atom is 0.271 e. The Hall–Kier alpha value is -2.73. The molecule has 2 amide bonds. The zero-order chi connectivity index (χ0) is 18.4. The van der Waals surface area contributed by atoms with Crippen LogP contribution in [-0.4, -0.2) is 17.5 Å². The summed E-state index contributed by atoms with van der Waals surface area (Å²) in [7, 11) is 0. The SMILES string of the molecule is C/C(CC(=O)Nc1cccc(Cl)c1C)=N\NC(=O)c1ccc(F)cc1. The minimum atomic E-state index is -0.481. The second-order valence-electron chi connectivity index (χ2n) is 5.43. The molecule has 0 spiro atoms. The summed E-state index contributed by atoms with van der Waals surface area (Å²) in [5, 5.41) is 7.19. The summed E-state index contributed by atoms with van der Waals surface area (Å²) in [5.41, 5.74) is 4.43. The van der Waals surface area contributed by atoms with Crippen LogP contribution < -0.4 is 10.7 Å². The minimum Gasteiger partial charge on any atom is -0.325 e. The molecular weight excluding hydrogens is 345 g/mol. The van der Waals surface area contributed by atoms with Crippen molar-refractivity contribution >= 4 is 34.8 Å². The summed E-state index contributed by atoms with van der Waals surface area (Å²) in [6.07, 6.45) is 0.00957. The highest BCUT2D eigenvalue weighted by Crippen LogP contribution is 2.22. The van der Waals surface area contributed by atoms with Crippen molar-refractivity contribution in [1.82, 2.24) is 5.43 Å². The van der Waals surface area contributed by atoms with Gasteiger partial charge in [0.25, 0.3) is 5.91 Å². The Morgan fingerprint density at radius 3 is 2.52 bits per heavy atom. The number of carbonyl (C=O) groups excluding carboxylic acids is 2. The lowest BCUT2D eigenvalue weighted by molar-refractivity contribution is -0.115. The summed E-state index contributed by atoms with van der Waals surface area (Å²) in [6, 6.07) is 10.3. The zero-order valence-electron chi connectivity index (χ0n) is 13.8. The highest BCUT2D eigenvalue weighted by Gasteiger charge is 2.09. The van der Waals surface area contributed by atoms with E-state index in [1.54, 1.807) is 25.1 Å². The Bertz CT molecular complexity index is 820. The van der Waals surface area contributed by atoms with Crippen molar-refractivity contribution < 1.29 is 14.0 Å². The Morgan fingerprint density at radius 1 is 1.16 bits per heavy atom. The van der Waals surface area contributed by atoms with Crippen molar-refractivity contribution in [2.24, 2.45) is 5.10 Å². The first-order valence-corrected chi connectivity index (χ1v) is 7.88. The van der Waals surface area contributed by atoms with E-state index in [0.29, 0.717) is 16.4 Å². The summed E-state index contributed by atoms with van der Waals surface area (Å²) in [6.45, 7) is 3.43. The molecule has 0 radical (unpaired) electrons. The van der Waals surface area contributed by atoms with Gasteiger partial charge in [0.15, 0.2) is 0 Å². The van der Waals surface area contributed by atoms with Gasteiger partial charge in [-0.3, -0.25) is 9.59 Å². The molecule has 25 heavy (non-hydrogen) atoms. The third-order valence-corrected chi connectivity index (χ3v) is 3.82. The van der Waals surface area contributed by atoms with Crippen LogP contribution in [-0.2, 0) is 4.79 Å². The van der Waals surface area contributed by atoms with E-state index in [9.17, 15) is 14.0 Å². The zero-order valence-corrected chi connectivity index (χ0v) is 14.5. The maximum absolute atomic E-state index is 12.8. The average Bonchev–Trinajstić information content (AvgIpc) is 2.57. The van der Waals surface area contributed by atoms with Crippen LogP contribution in [0.2, 0.25) is 5.02 Å². The lowest BCUT2D eigenvalue weighted by atomic mass is 10.2. The third-order valence-electron chi connectivity index (χ3n) is 3.41. The van der Waals surface area contributed by atoms with E-state index in [1.165, 1.54) is 24.3 Å². The van der Waals surface area contributed by atoms with Gasteiger partial charge in [-0.15, -0.1) is 0 Å². The number of halogens is 2. The predicted molar refractivity (Wildman–Crippen MR) is 96.4 cm³/mol. The Balaban J connectivity index is 1.92. The Kier molecular flexibility index (Phi) is 6.25. The molecule has 130 valence electrons. The maximum atomic E-state index is 12.8. The van der Waals surface area contributed by atoms with E-state index in [0.717, 1.165) is 5.56 Å². The molecule has 0 aliphatic carbocycles. The Morgan fingerprint density at radius 2 is 1.84 bits per heavy atom. The van der Waals surface area contributed by atoms with Gasteiger partial charge in [0, 0.05) is 22.0 Å². The molecule has 0 aromatic heterocycles. The highest BCUT2D eigenvalue weighted by atomic mass is 35.5. The number of anilines is 1. The van der Waals surface area contributed by atoms with E-state index in [2.05, 4.69) is 15.8 Å². The molecule has 0 fully saturated rings. The molecule has 2 aromatic carbocycles. The smallest absolute Gasteiger partial charge is 0.271 e. The van der Waals surface area contributed by atoms with Gasteiger partial charge < -0.3 is 5.32 Å². The largest absolute Gasteiger partial charge is 0.325 e. The first-order valence-electron chi connectivity index (χ1n) is 7.51. The van der Waals surface area contributed by atoms with Gasteiger partial charge in [-0.25, -0.2) is 9.82 Å². The number of amides is 2. The molecule has 7 heteroatoms. The second kappa shape index (κ2) is 8.39. The molecule has 0 aliphatic heterocycles. The summed E-state index contributed by atoms with van der Waals surface area (Å²) < 4.78 is 12.8. The average molecular weight is 362 g/mol. The number of hydrazone groups is 1. The van der Waals surface area contributed by atoms with Crippen molar-refractivity contribution in [3.63, 3.8) is 0 Å². The fraction of sp³-hybridized carbons (Fsp3) is 0.167. The van der Waals surface area contributed by atoms with E-state index < -0.39 is 11.7 Å². The summed E-state index contributed by atoms with van der Waals surface area (Å²) in [5.74, 6) is -1.18. The van der Waals surface area contributed by atoms with Crippen LogP contribution in [0.5, 0.6) is 0 Å². The lowest BCUT2D eigenvalue weighted by Gasteiger charge is -2.09. The van der Waals surface area contributed by atoms with Crippen molar-refractivity contribution in [2.75, 3.05) is 5.32 Å². The fourth-order valence-electron chi connectivity index (χ4n) is 2.02. The van der Waals surface area contributed by atoms with Crippen LogP contribution in [0, 0.1) is 12.7 Å². The van der Waals surface area contributed by atoms with E-state index >= 15 is 0 Å². The number of hydrogen-bond donors (Lipinski definition) is 2. The number of carbonyl (C=O) groups is 2. The topological polar surface area (TPSA) is 70.6 Å². The molecule has 0 atom stereocenters. The number of hydrogen-bond acceptors (Lipinski definition) is 3. The van der Waals surface area contributed by atoms with E-state index in [-0.39, 0.29) is 17.9 Å². The molecule has 2 N–H and O–H groups in total. The monoisotopic (exact) mass is 361 g/mol. The molecule has 2 aromatic rings. The summed E-state index contributed by atoms with van der Waals surface area (Å²) >= 11 is 6.01. The molecule has 0 saturated heterocycles. The number of nitrogens with zero attached hydrogens (tertiary/aromatic N) is 1. The molecule has 5 nitrogen and oxygen atoms in total. The fourth-order valence-corrected chi connectivity index (χ4v) is 2.20. The third kappa shape index (κ3) is 5.39. The van der Waals surface area contributed by atoms with Crippen molar-refractivity contribution in [3.05, 3.63) is 64.4 Å².